The Morgan fingerprint density at radius 2 is 1.66 bits per heavy atom. The first-order chi connectivity index (χ1) is 14.1. The van der Waals surface area contributed by atoms with Crippen molar-refractivity contribution in [1.82, 2.24) is 4.90 Å². The van der Waals surface area contributed by atoms with Gasteiger partial charge in [-0.25, -0.2) is 0 Å². The number of carbonyl (C=O) groups is 1. The number of nitrogens with zero attached hydrogens (tertiary/aromatic N) is 2. The van der Waals surface area contributed by atoms with Gasteiger partial charge in [0.25, 0.3) is 0 Å². The van der Waals surface area contributed by atoms with Crippen molar-refractivity contribution in [2.45, 2.75) is 20.3 Å². The van der Waals surface area contributed by atoms with Crippen molar-refractivity contribution in [3.8, 4) is 11.5 Å². The van der Waals surface area contributed by atoms with Crippen LogP contribution in [-0.4, -0.2) is 57.2 Å². The lowest BCUT2D eigenvalue weighted by Crippen LogP contribution is -2.44. The van der Waals surface area contributed by atoms with Gasteiger partial charge in [0.05, 0.1) is 25.3 Å². The van der Waals surface area contributed by atoms with Crippen LogP contribution in [0, 0.1) is 0 Å². The molecule has 3 rings (SSSR count). The summed E-state index contributed by atoms with van der Waals surface area (Å²) in [6.45, 7) is 9.16. The molecule has 1 N–H and O–H groups in total. The molecule has 0 aliphatic carbocycles. The number of hydrogen-bond donors (Lipinski definition) is 1. The smallest absolute Gasteiger partial charge is 0.228 e. The molecule has 1 amide bonds. The SMILES string of the molecule is CCOc1ccc(CC(=O)Nc2ccc(N3CCN(C)CC3)cc2OCC)cc1. The van der Waals surface area contributed by atoms with Gasteiger partial charge < -0.3 is 24.6 Å². The molecule has 2 aromatic carbocycles. The molecule has 29 heavy (non-hydrogen) atoms. The molecule has 0 bridgehead atoms. The Hall–Kier alpha value is -2.73. The maximum atomic E-state index is 12.6. The molecule has 0 spiro atoms. The molecule has 156 valence electrons. The van der Waals surface area contributed by atoms with E-state index >= 15 is 0 Å². The van der Waals surface area contributed by atoms with Crippen LogP contribution in [0.1, 0.15) is 19.4 Å². The van der Waals surface area contributed by atoms with Crippen LogP contribution in [0.25, 0.3) is 0 Å². The van der Waals surface area contributed by atoms with Crippen LogP contribution in [0.15, 0.2) is 42.5 Å². The Bertz CT molecular complexity index is 800. The average molecular weight is 398 g/mol. The van der Waals surface area contributed by atoms with E-state index in [0.717, 1.165) is 43.2 Å². The number of ether oxygens (including phenoxy) is 2. The van der Waals surface area contributed by atoms with Crippen LogP contribution in [0.2, 0.25) is 0 Å². The number of nitrogens with one attached hydrogen (secondary N) is 1. The van der Waals surface area contributed by atoms with Crippen molar-refractivity contribution in [3.05, 3.63) is 48.0 Å². The number of rotatable bonds is 8. The third-order valence-corrected chi connectivity index (χ3v) is 5.01. The maximum Gasteiger partial charge on any atom is 0.228 e. The summed E-state index contributed by atoms with van der Waals surface area (Å²) in [6, 6.07) is 13.6. The fourth-order valence-corrected chi connectivity index (χ4v) is 3.40. The number of hydrogen-bond acceptors (Lipinski definition) is 5. The Labute approximate surface area is 173 Å². The van der Waals surface area contributed by atoms with E-state index in [0.29, 0.717) is 31.1 Å². The summed E-state index contributed by atoms with van der Waals surface area (Å²) in [7, 11) is 2.14. The molecule has 2 aromatic rings. The van der Waals surface area contributed by atoms with E-state index in [-0.39, 0.29) is 5.91 Å². The van der Waals surface area contributed by atoms with Gasteiger partial charge in [0, 0.05) is 37.9 Å². The summed E-state index contributed by atoms with van der Waals surface area (Å²) in [4.78, 5) is 17.2. The minimum Gasteiger partial charge on any atom is -0.494 e. The highest BCUT2D eigenvalue weighted by atomic mass is 16.5. The second kappa shape index (κ2) is 10.2. The maximum absolute atomic E-state index is 12.6. The molecular weight excluding hydrogens is 366 g/mol. The molecule has 1 aliphatic rings. The molecule has 1 heterocycles. The molecule has 1 fully saturated rings. The Morgan fingerprint density at radius 1 is 0.966 bits per heavy atom. The summed E-state index contributed by atoms with van der Waals surface area (Å²) in [5.74, 6) is 1.46. The normalized spacial score (nSPS) is 14.5. The van der Waals surface area contributed by atoms with Crippen molar-refractivity contribution in [3.63, 3.8) is 0 Å². The topological polar surface area (TPSA) is 54.0 Å². The molecule has 0 radical (unpaired) electrons. The van der Waals surface area contributed by atoms with Gasteiger partial charge in [0.15, 0.2) is 0 Å². The third kappa shape index (κ3) is 5.87. The zero-order valence-corrected chi connectivity index (χ0v) is 17.6. The van der Waals surface area contributed by atoms with Crippen molar-refractivity contribution < 1.29 is 14.3 Å². The summed E-state index contributed by atoms with van der Waals surface area (Å²) in [5, 5.41) is 3.00. The van der Waals surface area contributed by atoms with Crippen molar-refractivity contribution >= 4 is 17.3 Å². The van der Waals surface area contributed by atoms with Gasteiger partial charge in [0.2, 0.25) is 5.91 Å². The van der Waals surface area contributed by atoms with Crippen LogP contribution in [0.4, 0.5) is 11.4 Å². The van der Waals surface area contributed by atoms with Crippen molar-refractivity contribution in [2.75, 3.05) is 56.7 Å². The highest BCUT2D eigenvalue weighted by Gasteiger charge is 2.17. The lowest BCUT2D eigenvalue weighted by atomic mass is 10.1. The van der Waals surface area contributed by atoms with Gasteiger partial charge in [0.1, 0.15) is 11.5 Å². The fourth-order valence-electron chi connectivity index (χ4n) is 3.40. The Kier molecular flexibility index (Phi) is 7.36. The quantitative estimate of drug-likeness (QED) is 0.740. The molecule has 1 aliphatic heterocycles. The molecule has 0 atom stereocenters. The molecule has 0 unspecified atom stereocenters. The van der Waals surface area contributed by atoms with Crippen molar-refractivity contribution in [1.29, 1.82) is 0 Å². The standard InChI is InChI=1S/C23H31N3O3/c1-4-28-20-9-6-18(7-10-20)16-23(27)24-21-11-8-19(17-22(21)29-5-2)26-14-12-25(3)13-15-26/h6-11,17H,4-5,12-16H2,1-3H3,(H,24,27). The second-order valence-corrected chi connectivity index (χ2v) is 7.21. The van der Waals surface area contributed by atoms with Gasteiger partial charge >= 0.3 is 0 Å². The van der Waals surface area contributed by atoms with Gasteiger partial charge in [-0.2, -0.15) is 0 Å². The highest BCUT2D eigenvalue weighted by molar-refractivity contribution is 5.94. The molecule has 1 saturated heterocycles. The predicted molar refractivity (Wildman–Crippen MR) is 117 cm³/mol. The fraction of sp³-hybridized carbons (Fsp3) is 0.435. The largest absolute Gasteiger partial charge is 0.494 e. The molecular formula is C23H31N3O3. The van der Waals surface area contributed by atoms with E-state index in [9.17, 15) is 4.79 Å². The first-order valence-electron chi connectivity index (χ1n) is 10.3. The molecule has 6 nitrogen and oxygen atoms in total. The van der Waals surface area contributed by atoms with E-state index in [1.165, 1.54) is 0 Å². The first kappa shape index (κ1) is 21.0. The van der Waals surface area contributed by atoms with Gasteiger partial charge in [-0.3, -0.25) is 4.79 Å². The lowest BCUT2D eigenvalue weighted by molar-refractivity contribution is -0.115. The average Bonchev–Trinajstić information content (AvgIpc) is 2.72. The monoisotopic (exact) mass is 397 g/mol. The van der Waals surface area contributed by atoms with E-state index in [4.69, 9.17) is 9.47 Å². The van der Waals surface area contributed by atoms with Crippen LogP contribution < -0.4 is 19.7 Å². The second-order valence-electron chi connectivity index (χ2n) is 7.21. The zero-order valence-electron chi connectivity index (χ0n) is 17.6. The minimum atomic E-state index is -0.0672. The Morgan fingerprint density at radius 3 is 2.31 bits per heavy atom. The summed E-state index contributed by atoms with van der Waals surface area (Å²) >= 11 is 0. The summed E-state index contributed by atoms with van der Waals surface area (Å²) in [5.41, 5.74) is 2.78. The van der Waals surface area contributed by atoms with E-state index in [1.54, 1.807) is 0 Å². The van der Waals surface area contributed by atoms with Crippen LogP contribution in [0.3, 0.4) is 0 Å². The predicted octanol–water partition coefficient (Wildman–Crippen LogP) is 3.42. The number of amides is 1. The molecule has 0 aromatic heterocycles. The summed E-state index contributed by atoms with van der Waals surface area (Å²) < 4.78 is 11.3. The van der Waals surface area contributed by atoms with E-state index in [1.807, 2.05) is 50.2 Å². The van der Waals surface area contributed by atoms with Gasteiger partial charge in [-0.05, 0) is 50.7 Å². The number of carbonyl (C=O) groups excluding carboxylic acids is 1. The number of anilines is 2. The zero-order chi connectivity index (χ0) is 20.6. The molecule has 0 saturated carbocycles. The lowest BCUT2D eigenvalue weighted by Gasteiger charge is -2.34. The van der Waals surface area contributed by atoms with Gasteiger partial charge in [-0.1, -0.05) is 12.1 Å². The van der Waals surface area contributed by atoms with E-state index in [2.05, 4.69) is 28.2 Å². The first-order valence-corrected chi connectivity index (χ1v) is 10.3. The Balaban J connectivity index is 1.66. The van der Waals surface area contributed by atoms with Crippen LogP contribution in [0.5, 0.6) is 11.5 Å². The number of likely N-dealkylation sites (N-methyl/N-ethyl adjacent to an activating group) is 1. The van der Waals surface area contributed by atoms with Gasteiger partial charge in [-0.15, -0.1) is 0 Å². The molecule has 6 heteroatoms. The van der Waals surface area contributed by atoms with Crippen LogP contribution in [-0.2, 0) is 11.2 Å². The highest BCUT2D eigenvalue weighted by Crippen LogP contribution is 2.31. The van der Waals surface area contributed by atoms with E-state index < -0.39 is 0 Å². The van der Waals surface area contributed by atoms with Crippen LogP contribution >= 0.6 is 0 Å². The minimum absolute atomic E-state index is 0.0672. The number of piperazine rings is 1. The van der Waals surface area contributed by atoms with Crippen molar-refractivity contribution in [2.24, 2.45) is 0 Å². The number of benzene rings is 2. The third-order valence-electron chi connectivity index (χ3n) is 5.01. The summed E-state index contributed by atoms with van der Waals surface area (Å²) in [6.07, 6.45) is 0.304.